The van der Waals surface area contributed by atoms with Crippen LogP contribution in [0, 0.1) is 6.92 Å². The van der Waals surface area contributed by atoms with Crippen LogP contribution in [0.25, 0.3) is 0 Å². The standard InChI is InChI=1S/C10H14N2O2/c1-7-2-3-10(11-4-7)12-8-5-14-6-9(8)13/h2-4,8-9,13H,5-6H2,1H3,(H,11,12)/t8-,9-/m1/s1. The summed E-state index contributed by atoms with van der Waals surface area (Å²) in [4.78, 5) is 4.20. The van der Waals surface area contributed by atoms with E-state index >= 15 is 0 Å². The minimum absolute atomic E-state index is 0.0368. The van der Waals surface area contributed by atoms with E-state index in [2.05, 4.69) is 10.3 Å². The maximum Gasteiger partial charge on any atom is 0.126 e. The molecule has 0 amide bonds. The number of ether oxygens (including phenoxy) is 1. The van der Waals surface area contributed by atoms with E-state index in [1.807, 2.05) is 19.1 Å². The molecule has 0 saturated carbocycles. The lowest BCUT2D eigenvalue weighted by molar-refractivity contribution is 0.125. The number of nitrogens with one attached hydrogen (secondary N) is 1. The molecule has 2 atom stereocenters. The first kappa shape index (κ1) is 9.43. The van der Waals surface area contributed by atoms with Crippen LogP contribution in [0.15, 0.2) is 18.3 Å². The Labute approximate surface area is 82.9 Å². The summed E-state index contributed by atoms with van der Waals surface area (Å²) in [5.74, 6) is 0.783. The van der Waals surface area contributed by atoms with Crippen molar-refractivity contribution < 1.29 is 9.84 Å². The van der Waals surface area contributed by atoms with Gasteiger partial charge in [0.25, 0.3) is 0 Å². The first-order chi connectivity index (χ1) is 6.75. The number of aryl methyl sites for hydroxylation is 1. The van der Waals surface area contributed by atoms with Crippen LogP contribution in [0.1, 0.15) is 5.56 Å². The number of pyridine rings is 1. The molecule has 2 heterocycles. The lowest BCUT2D eigenvalue weighted by Gasteiger charge is -2.14. The lowest BCUT2D eigenvalue weighted by Crippen LogP contribution is -2.32. The van der Waals surface area contributed by atoms with Crippen molar-refractivity contribution in [1.29, 1.82) is 0 Å². The Hall–Kier alpha value is -1.13. The fourth-order valence-electron chi connectivity index (χ4n) is 1.42. The Bertz CT molecular complexity index is 299. The molecule has 0 spiro atoms. The first-order valence-electron chi connectivity index (χ1n) is 4.71. The van der Waals surface area contributed by atoms with Gasteiger partial charge in [0.1, 0.15) is 5.82 Å². The molecule has 1 aliphatic rings. The van der Waals surface area contributed by atoms with Crippen LogP contribution < -0.4 is 5.32 Å². The minimum Gasteiger partial charge on any atom is -0.388 e. The molecule has 1 aromatic rings. The first-order valence-corrected chi connectivity index (χ1v) is 4.71. The van der Waals surface area contributed by atoms with E-state index < -0.39 is 6.10 Å². The molecule has 0 aromatic carbocycles. The van der Waals surface area contributed by atoms with Gasteiger partial charge in [-0.05, 0) is 18.6 Å². The van der Waals surface area contributed by atoms with Gasteiger partial charge in [0.05, 0.1) is 25.4 Å². The largest absolute Gasteiger partial charge is 0.388 e. The topological polar surface area (TPSA) is 54.4 Å². The second kappa shape index (κ2) is 3.94. The molecule has 1 saturated heterocycles. The Morgan fingerprint density at radius 3 is 2.93 bits per heavy atom. The van der Waals surface area contributed by atoms with Crippen LogP contribution in [0.4, 0.5) is 5.82 Å². The smallest absolute Gasteiger partial charge is 0.126 e. The minimum atomic E-state index is -0.432. The monoisotopic (exact) mass is 194 g/mol. The van der Waals surface area contributed by atoms with Gasteiger partial charge in [-0.25, -0.2) is 4.98 Å². The zero-order valence-electron chi connectivity index (χ0n) is 8.10. The molecule has 0 aliphatic carbocycles. The fourth-order valence-corrected chi connectivity index (χ4v) is 1.42. The highest BCUT2D eigenvalue weighted by atomic mass is 16.5. The lowest BCUT2D eigenvalue weighted by atomic mass is 10.2. The zero-order chi connectivity index (χ0) is 9.97. The van der Waals surface area contributed by atoms with Crippen molar-refractivity contribution in [3.63, 3.8) is 0 Å². The van der Waals surface area contributed by atoms with Crippen LogP contribution >= 0.6 is 0 Å². The molecule has 1 fully saturated rings. The van der Waals surface area contributed by atoms with Gasteiger partial charge in [0.2, 0.25) is 0 Å². The van der Waals surface area contributed by atoms with Crippen molar-refractivity contribution in [3.05, 3.63) is 23.9 Å². The Kier molecular flexibility index (Phi) is 2.65. The molecule has 14 heavy (non-hydrogen) atoms. The predicted molar refractivity (Wildman–Crippen MR) is 53.2 cm³/mol. The van der Waals surface area contributed by atoms with Crippen molar-refractivity contribution in [2.45, 2.75) is 19.1 Å². The van der Waals surface area contributed by atoms with Gasteiger partial charge in [0.15, 0.2) is 0 Å². The van der Waals surface area contributed by atoms with Crippen LogP contribution in [0.5, 0.6) is 0 Å². The molecule has 1 aromatic heterocycles. The van der Waals surface area contributed by atoms with E-state index in [0.717, 1.165) is 11.4 Å². The van der Waals surface area contributed by atoms with E-state index in [9.17, 15) is 5.11 Å². The molecule has 2 rings (SSSR count). The highest BCUT2D eigenvalue weighted by Gasteiger charge is 2.25. The number of aliphatic hydroxyl groups excluding tert-OH is 1. The maximum atomic E-state index is 9.49. The average molecular weight is 194 g/mol. The van der Waals surface area contributed by atoms with Crippen molar-refractivity contribution >= 4 is 5.82 Å². The zero-order valence-corrected chi connectivity index (χ0v) is 8.10. The van der Waals surface area contributed by atoms with Gasteiger partial charge in [-0.2, -0.15) is 0 Å². The SMILES string of the molecule is Cc1ccc(N[C@@H]2COC[C@H]2O)nc1. The van der Waals surface area contributed by atoms with Crippen molar-refractivity contribution in [2.24, 2.45) is 0 Å². The van der Waals surface area contributed by atoms with Crippen LogP contribution in [-0.2, 0) is 4.74 Å². The quantitative estimate of drug-likeness (QED) is 0.722. The number of nitrogens with zero attached hydrogens (tertiary/aromatic N) is 1. The second-order valence-electron chi connectivity index (χ2n) is 3.58. The normalized spacial score (nSPS) is 26.4. The number of aromatic nitrogens is 1. The summed E-state index contributed by atoms with van der Waals surface area (Å²) >= 11 is 0. The highest BCUT2D eigenvalue weighted by molar-refractivity contribution is 5.37. The van der Waals surface area contributed by atoms with Gasteiger partial charge in [-0.1, -0.05) is 6.07 Å². The van der Waals surface area contributed by atoms with Crippen molar-refractivity contribution in [1.82, 2.24) is 4.98 Å². The molecule has 1 aliphatic heterocycles. The highest BCUT2D eigenvalue weighted by Crippen LogP contribution is 2.12. The Morgan fingerprint density at radius 2 is 2.36 bits per heavy atom. The molecular weight excluding hydrogens is 180 g/mol. The molecule has 4 nitrogen and oxygen atoms in total. The van der Waals surface area contributed by atoms with Crippen LogP contribution in [-0.4, -0.2) is 35.5 Å². The number of hydrogen-bond acceptors (Lipinski definition) is 4. The number of hydrogen-bond donors (Lipinski definition) is 2. The summed E-state index contributed by atoms with van der Waals surface area (Å²) in [5.41, 5.74) is 1.12. The van der Waals surface area contributed by atoms with Crippen molar-refractivity contribution in [2.75, 3.05) is 18.5 Å². The molecule has 0 unspecified atom stereocenters. The summed E-state index contributed by atoms with van der Waals surface area (Å²) in [6.45, 7) is 2.94. The molecule has 2 N–H and O–H groups in total. The third-order valence-electron chi connectivity index (χ3n) is 2.30. The van der Waals surface area contributed by atoms with E-state index in [-0.39, 0.29) is 6.04 Å². The summed E-state index contributed by atoms with van der Waals surface area (Å²) < 4.78 is 5.13. The third kappa shape index (κ3) is 2.02. The summed E-state index contributed by atoms with van der Waals surface area (Å²) in [6, 6.07) is 3.85. The second-order valence-corrected chi connectivity index (χ2v) is 3.58. The number of rotatable bonds is 2. The molecule has 4 heteroatoms. The number of aliphatic hydroxyl groups is 1. The van der Waals surface area contributed by atoms with E-state index in [0.29, 0.717) is 13.2 Å². The molecule has 76 valence electrons. The molecular formula is C10H14N2O2. The molecule has 0 bridgehead atoms. The third-order valence-corrected chi connectivity index (χ3v) is 2.30. The van der Waals surface area contributed by atoms with Gasteiger partial charge in [0, 0.05) is 6.20 Å². The van der Waals surface area contributed by atoms with E-state index in [1.165, 1.54) is 0 Å². The maximum absolute atomic E-state index is 9.49. The number of anilines is 1. The average Bonchev–Trinajstić information content (AvgIpc) is 2.56. The van der Waals surface area contributed by atoms with Crippen molar-refractivity contribution in [3.8, 4) is 0 Å². The van der Waals surface area contributed by atoms with Gasteiger partial charge in [-0.15, -0.1) is 0 Å². The summed E-state index contributed by atoms with van der Waals surface area (Å²) in [6.07, 6.45) is 1.36. The summed E-state index contributed by atoms with van der Waals surface area (Å²) in [5, 5.41) is 12.6. The Morgan fingerprint density at radius 1 is 1.50 bits per heavy atom. The van der Waals surface area contributed by atoms with Crippen LogP contribution in [0.3, 0.4) is 0 Å². The van der Waals surface area contributed by atoms with Gasteiger partial charge >= 0.3 is 0 Å². The Balaban J connectivity index is 2.00. The van der Waals surface area contributed by atoms with E-state index in [4.69, 9.17) is 4.74 Å². The fraction of sp³-hybridized carbons (Fsp3) is 0.500. The van der Waals surface area contributed by atoms with Gasteiger partial charge in [-0.3, -0.25) is 0 Å². The van der Waals surface area contributed by atoms with Crippen LogP contribution in [0.2, 0.25) is 0 Å². The van der Waals surface area contributed by atoms with E-state index in [1.54, 1.807) is 6.20 Å². The summed E-state index contributed by atoms with van der Waals surface area (Å²) in [7, 11) is 0. The predicted octanol–water partition coefficient (Wildman–Crippen LogP) is 0.562. The van der Waals surface area contributed by atoms with Gasteiger partial charge < -0.3 is 15.2 Å². The molecule has 0 radical (unpaired) electrons.